The molecule has 0 aliphatic carbocycles. The summed E-state index contributed by atoms with van der Waals surface area (Å²) >= 11 is 0. The minimum absolute atomic E-state index is 0.190. The van der Waals surface area contributed by atoms with Crippen molar-refractivity contribution in [1.82, 2.24) is 9.88 Å². The number of aliphatic hydroxyl groups is 1. The average molecular weight is 340 g/mol. The Bertz CT molecular complexity index is 849. The maximum Gasteiger partial charge on any atom is 0.164 e. The number of H-pyrrole nitrogens is 1. The highest BCUT2D eigenvalue weighted by atomic mass is 16.7. The number of ether oxygens (including phenoxy) is 2. The first-order valence-electron chi connectivity index (χ1n) is 9.42. The molecule has 4 saturated heterocycles. The molecule has 5 aliphatic rings. The van der Waals surface area contributed by atoms with Gasteiger partial charge in [0, 0.05) is 47.6 Å². The quantitative estimate of drug-likeness (QED) is 0.837. The normalized spacial score (nSPS) is 47.1. The lowest BCUT2D eigenvalue weighted by Crippen LogP contribution is -2.73. The summed E-state index contributed by atoms with van der Waals surface area (Å²) in [5.41, 5.74) is 4.12. The van der Waals surface area contributed by atoms with Crippen molar-refractivity contribution in [3.8, 4) is 0 Å². The minimum atomic E-state index is -0.716. The predicted octanol–water partition coefficient (Wildman–Crippen LogP) is 2.41. The Morgan fingerprint density at radius 2 is 2.12 bits per heavy atom. The van der Waals surface area contributed by atoms with Gasteiger partial charge < -0.3 is 19.6 Å². The van der Waals surface area contributed by atoms with Crippen molar-refractivity contribution >= 4 is 10.9 Å². The number of hydrogen-bond donors (Lipinski definition) is 2. The van der Waals surface area contributed by atoms with Crippen LogP contribution in [0.15, 0.2) is 24.3 Å². The van der Waals surface area contributed by atoms with E-state index in [0.717, 1.165) is 12.8 Å². The van der Waals surface area contributed by atoms with Gasteiger partial charge in [0.05, 0.1) is 6.04 Å². The zero-order valence-corrected chi connectivity index (χ0v) is 14.6. The number of aromatic nitrogens is 1. The van der Waals surface area contributed by atoms with Gasteiger partial charge in [-0.05, 0) is 37.3 Å². The van der Waals surface area contributed by atoms with Gasteiger partial charge in [-0.3, -0.25) is 4.90 Å². The molecule has 5 heteroatoms. The molecule has 9 unspecified atom stereocenters. The summed E-state index contributed by atoms with van der Waals surface area (Å²) in [6.45, 7) is 2.26. The number of para-hydroxylation sites is 1. The topological polar surface area (TPSA) is 57.7 Å². The summed E-state index contributed by atoms with van der Waals surface area (Å²) < 4.78 is 11.5. The van der Waals surface area contributed by atoms with Gasteiger partial charge in [-0.15, -0.1) is 0 Å². The van der Waals surface area contributed by atoms with Crippen molar-refractivity contribution in [3.05, 3.63) is 35.5 Å². The van der Waals surface area contributed by atoms with E-state index in [1.54, 1.807) is 7.11 Å². The molecule has 5 aliphatic heterocycles. The Morgan fingerprint density at radius 3 is 2.96 bits per heavy atom. The number of piperidine rings is 3. The van der Waals surface area contributed by atoms with Crippen LogP contribution in [0.3, 0.4) is 0 Å². The standard InChI is InChI=1S/C20H24N2O3/c1-9-16-12-8-15-18-11(10-5-3-4-6-13(10)21-18)7-14(22(9)15)17(12)20(24-2)25-19(16)23/h3-6,9,12,14-17,19-21,23H,7-8H2,1-2H3. The molecule has 6 bridgehead atoms. The van der Waals surface area contributed by atoms with Crippen LogP contribution < -0.4 is 0 Å². The van der Waals surface area contributed by atoms with E-state index in [2.05, 4.69) is 41.1 Å². The van der Waals surface area contributed by atoms with Gasteiger partial charge in [0.1, 0.15) is 0 Å². The number of nitrogens with zero attached hydrogens (tertiary/aromatic N) is 1. The lowest BCUT2D eigenvalue weighted by atomic mass is 9.58. The molecule has 9 atom stereocenters. The first-order chi connectivity index (χ1) is 12.2. The van der Waals surface area contributed by atoms with Crippen molar-refractivity contribution in [2.45, 2.75) is 50.5 Å². The van der Waals surface area contributed by atoms with Crippen LogP contribution in [-0.2, 0) is 15.9 Å². The molecule has 132 valence electrons. The number of rotatable bonds is 1. The maximum atomic E-state index is 10.6. The largest absolute Gasteiger partial charge is 0.368 e. The van der Waals surface area contributed by atoms with Crippen LogP contribution in [0.2, 0.25) is 0 Å². The van der Waals surface area contributed by atoms with Crippen LogP contribution in [0, 0.1) is 17.8 Å². The number of benzene rings is 1. The van der Waals surface area contributed by atoms with Crippen LogP contribution in [0.25, 0.3) is 10.9 Å². The highest BCUT2D eigenvalue weighted by Crippen LogP contribution is 2.60. The second-order valence-corrected chi connectivity index (χ2v) is 8.22. The number of hydrogen-bond acceptors (Lipinski definition) is 4. The molecule has 5 nitrogen and oxygen atoms in total. The van der Waals surface area contributed by atoms with Crippen LogP contribution in [-0.4, -0.2) is 46.8 Å². The molecule has 0 radical (unpaired) electrons. The molecule has 1 aromatic heterocycles. The van der Waals surface area contributed by atoms with Gasteiger partial charge in [0.25, 0.3) is 0 Å². The number of fused-ring (bicyclic) bond motifs is 3. The van der Waals surface area contributed by atoms with E-state index >= 15 is 0 Å². The maximum absolute atomic E-state index is 10.6. The summed E-state index contributed by atoms with van der Waals surface area (Å²) in [5.74, 6) is 0.991. The molecule has 4 fully saturated rings. The van der Waals surface area contributed by atoms with Crippen molar-refractivity contribution in [2.75, 3.05) is 7.11 Å². The average Bonchev–Trinajstić information content (AvgIpc) is 2.99. The highest BCUT2D eigenvalue weighted by Gasteiger charge is 2.64. The van der Waals surface area contributed by atoms with Gasteiger partial charge in [-0.1, -0.05) is 18.2 Å². The van der Waals surface area contributed by atoms with Crippen LogP contribution in [0.1, 0.15) is 30.6 Å². The molecule has 0 spiro atoms. The molecule has 7 rings (SSSR count). The molecule has 1 aromatic carbocycles. The fourth-order valence-electron chi connectivity index (χ4n) is 6.62. The van der Waals surface area contributed by atoms with Crippen LogP contribution in [0.5, 0.6) is 0 Å². The van der Waals surface area contributed by atoms with Gasteiger partial charge in [-0.25, -0.2) is 0 Å². The molecular weight excluding hydrogens is 316 g/mol. The summed E-state index contributed by atoms with van der Waals surface area (Å²) in [5, 5.41) is 11.9. The molecule has 2 aromatic rings. The van der Waals surface area contributed by atoms with E-state index in [0.29, 0.717) is 30.0 Å². The molecule has 0 amide bonds. The van der Waals surface area contributed by atoms with E-state index in [1.807, 2.05) is 0 Å². The summed E-state index contributed by atoms with van der Waals surface area (Å²) in [7, 11) is 1.70. The van der Waals surface area contributed by atoms with Crippen LogP contribution >= 0.6 is 0 Å². The zero-order valence-electron chi connectivity index (χ0n) is 14.6. The molecular formula is C20H24N2O3. The van der Waals surface area contributed by atoms with E-state index in [9.17, 15) is 5.11 Å². The van der Waals surface area contributed by atoms with Crippen molar-refractivity contribution < 1.29 is 14.6 Å². The second-order valence-electron chi connectivity index (χ2n) is 8.22. The van der Waals surface area contributed by atoms with E-state index in [-0.39, 0.29) is 12.2 Å². The Labute approximate surface area is 146 Å². The van der Waals surface area contributed by atoms with Gasteiger partial charge in [-0.2, -0.15) is 0 Å². The van der Waals surface area contributed by atoms with Crippen LogP contribution in [0.4, 0.5) is 0 Å². The minimum Gasteiger partial charge on any atom is -0.368 e. The molecule has 2 N–H and O–H groups in total. The Hall–Kier alpha value is -1.40. The molecule has 25 heavy (non-hydrogen) atoms. The lowest BCUT2D eigenvalue weighted by Gasteiger charge is -2.66. The van der Waals surface area contributed by atoms with Crippen molar-refractivity contribution in [3.63, 3.8) is 0 Å². The lowest BCUT2D eigenvalue weighted by molar-refractivity contribution is -0.355. The molecule has 0 saturated carbocycles. The summed E-state index contributed by atoms with van der Waals surface area (Å²) in [6, 6.07) is 9.83. The van der Waals surface area contributed by atoms with E-state index < -0.39 is 6.29 Å². The zero-order chi connectivity index (χ0) is 16.9. The third-order valence-electron chi connectivity index (χ3n) is 7.44. The highest BCUT2D eigenvalue weighted by molar-refractivity contribution is 5.85. The monoisotopic (exact) mass is 340 g/mol. The first kappa shape index (κ1) is 14.7. The number of aromatic amines is 1. The Balaban J connectivity index is 1.53. The van der Waals surface area contributed by atoms with Crippen molar-refractivity contribution in [2.24, 2.45) is 17.8 Å². The van der Waals surface area contributed by atoms with Gasteiger partial charge in [0.15, 0.2) is 12.6 Å². The fourth-order valence-corrected chi connectivity index (χ4v) is 6.62. The SMILES string of the molecule is COC1OC(O)C2C3CC4c5[nH]c6ccccc6c5CC(C13)N4C2C. The molecule has 6 heterocycles. The third kappa shape index (κ3) is 1.68. The first-order valence-corrected chi connectivity index (χ1v) is 9.42. The third-order valence-corrected chi connectivity index (χ3v) is 7.44. The summed E-state index contributed by atoms with van der Waals surface area (Å²) in [6.07, 6.45) is 1.10. The smallest absolute Gasteiger partial charge is 0.164 e. The number of methoxy groups -OCH3 is 1. The van der Waals surface area contributed by atoms with Gasteiger partial charge in [0.2, 0.25) is 0 Å². The Morgan fingerprint density at radius 1 is 1.28 bits per heavy atom. The van der Waals surface area contributed by atoms with E-state index in [1.165, 1.54) is 22.2 Å². The number of aliphatic hydroxyl groups excluding tert-OH is 1. The summed E-state index contributed by atoms with van der Waals surface area (Å²) in [4.78, 5) is 6.37. The number of nitrogens with one attached hydrogen (secondary N) is 1. The predicted molar refractivity (Wildman–Crippen MR) is 92.8 cm³/mol. The Kier molecular flexibility index (Phi) is 2.86. The van der Waals surface area contributed by atoms with Crippen molar-refractivity contribution in [1.29, 1.82) is 0 Å². The fraction of sp³-hybridized carbons (Fsp3) is 0.600. The van der Waals surface area contributed by atoms with Gasteiger partial charge >= 0.3 is 0 Å². The van der Waals surface area contributed by atoms with E-state index in [4.69, 9.17) is 9.47 Å². The second kappa shape index (κ2) is 4.86.